The topological polar surface area (TPSA) is 47.3 Å². The summed E-state index contributed by atoms with van der Waals surface area (Å²) in [6.07, 6.45) is 0.747. The van der Waals surface area contributed by atoms with E-state index in [1.165, 1.54) is 0 Å². The van der Waals surface area contributed by atoms with E-state index in [0.29, 0.717) is 29.0 Å². The van der Waals surface area contributed by atoms with Gasteiger partial charge in [-0.1, -0.05) is 43.1 Å². The monoisotopic (exact) mass is 304 g/mol. The summed E-state index contributed by atoms with van der Waals surface area (Å²) in [6, 6.07) is 5.52. The van der Waals surface area contributed by atoms with E-state index in [0.717, 1.165) is 5.56 Å². The predicted octanol–water partition coefficient (Wildman–Crippen LogP) is 3.43. The molecule has 0 saturated heterocycles. The highest BCUT2D eigenvalue weighted by atomic mass is 35.5. The second-order valence-electron chi connectivity index (χ2n) is 4.88. The Bertz CT molecular complexity index is 399. The summed E-state index contributed by atoms with van der Waals surface area (Å²) in [6.45, 7) is 6.88. The van der Waals surface area contributed by atoms with E-state index in [1.807, 2.05) is 19.1 Å². The second-order valence-corrected chi connectivity index (χ2v) is 5.72. The molecule has 19 heavy (non-hydrogen) atoms. The molecule has 1 aromatic rings. The lowest BCUT2D eigenvalue weighted by molar-refractivity contribution is 0.00356. The molecule has 0 aliphatic rings. The minimum absolute atomic E-state index is 0.0126. The van der Waals surface area contributed by atoms with Gasteiger partial charge >= 0.3 is 0 Å². The van der Waals surface area contributed by atoms with Gasteiger partial charge in [0.1, 0.15) is 0 Å². The van der Waals surface area contributed by atoms with Crippen LogP contribution in [0.2, 0.25) is 10.0 Å². The maximum absolute atomic E-state index is 6.20. The smallest absolute Gasteiger partial charge is 0.0767 e. The lowest BCUT2D eigenvalue weighted by atomic mass is 9.94. The Morgan fingerprint density at radius 3 is 2.47 bits per heavy atom. The van der Waals surface area contributed by atoms with Crippen molar-refractivity contribution in [2.75, 3.05) is 6.61 Å². The zero-order chi connectivity index (χ0) is 14.4. The third-order valence-electron chi connectivity index (χ3n) is 3.08. The van der Waals surface area contributed by atoms with Crippen molar-refractivity contribution >= 4 is 23.2 Å². The third kappa shape index (κ3) is 4.93. The minimum Gasteiger partial charge on any atom is -0.377 e. The molecule has 0 aromatic heterocycles. The molecule has 0 aliphatic carbocycles. The molecule has 0 saturated carbocycles. The standard InChI is InChI=1S/C14H22Cl2N2O/c1-4-19-14(9(2)3)13(18-17)7-10-5-6-11(15)8-12(10)16/h5-6,8-9,13-14,18H,4,7,17H2,1-3H3. The maximum atomic E-state index is 6.20. The highest BCUT2D eigenvalue weighted by Gasteiger charge is 2.25. The fraction of sp³-hybridized carbons (Fsp3) is 0.571. The van der Waals surface area contributed by atoms with E-state index >= 15 is 0 Å². The van der Waals surface area contributed by atoms with Crippen molar-refractivity contribution < 1.29 is 4.74 Å². The molecule has 0 fully saturated rings. The van der Waals surface area contributed by atoms with E-state index in [4.69, 9.17) is 33.8 Å². The van der Waals surface area contributed by atoms with Gasteiger partial charge in [-0.05, 0) is 37.0 Å². The fourth-order valence-electron chi connectivity index (χ4n) is 2.16. The van der Waals surface area contributed by atoms with Gasteiger partial charge in [-0.15, -0.1) is 0 Å². The van der Waals surface area contributed by atoms with Gasteiger partial charge in [0.25, 0.3) is 0 Å². The summed E-state index contributed by atoms with van der Waals surface area (Å²) in [4.78, 5) is 0. The number of hydrogen-bond donors (Lipinski definition) is 2. The molecular formula is C14H22Cl2N2O. The predicted molar refractivity (Wildman–Crippen MR) is 81.5 cm³/mol. The zero-order valence-electron chi connectivity index (χ0n) is 11.6. The molecule has 108 valence electrons. The van der Waals surface area contributed by atoms with Crippen LogP contribution in [0.5, 0.6) is 0 Å². The normalized spacial score (nSPS) is 14.7. The van der Waals surface area contributed by atoms with Gasteiger partial charge in [0.15, 0.2) is 0 Å². The molecule has 0 bridgehead atoms. The van der Waals surface area contributed by atoms with Gasteiger partial charge in [-0.3, -0.25) is 11.3 Å². The molecule has 0 aliphatic heterocycles. The van der Waals surface area contributed by atoms with Crippen molar-refractivity contribution in [3.05, 3.63) is 33.8 Å². The summed E-state index contributed by atoms with van der Waals surface area (Å²) >= 11 is 12.1. The molecule has 2 atom stereocenters. The van der Waals surface area contributed by atoms with Crippen LogP contribution in [0.25, 0.3) is 0 Å². The molecule has 5 heteroatoms. The van der Waals surface area contributed by atoms with Crippen LogP contribution in [0, 0.1) is 5.92 Å². The van der Waals surface area contributed by atoms with E-state index < -0.39 is 0 Å². The van der Waals surface area contributed by atoms with Crippen molar-refractivity contribution in [3.63, 3.8) is 0 Å². The first kappa shape index (κ1) is 16.7. The van der Waals surface area contributed by atoms with E-state index in [-0.39, 0.29) is 12.1 Å². The molecule has 0 heterocycles. The molecule has 3 nitrogen and oxygen atoms in total. The molecule has 3 N–H and O–H groups in total. The average molecular weight is 305 g/mol. The number of rotatable bonds is 7. The number of nitrogens with one attached hydrogen (secondary N) is 1. The number of halogens is 2. The van der Waals surface area contributed by atoms with Crippen molar-refractivity contribution in [1.82, 2.24) is 5.43 Å². The van der Waals surface area contributed by atoms with E-state index in [9.17, 15) is 0 Å². The Morgan fingerprint density at radius 1 is 1.32 bits per heavy atom. The summed E-state index contributed by atoms with van der Waals surface area (Å²) < 4.78 is 5.78. The summed E-state index contributed by atoms with van der Waals surface area (Å²) in [5.41, 5.74) is 3.86. The second kappa shape index (κ2) is 8.08. The zero-order valence-corrected chi connectivity index (χ0v) is 13.1. The van der Waals surface area contributed by atoms with Crippen molar-refractivity contribution in [1.29, 1.82) is 0 Å². The van der Waals surface area contributed by atoms with Crippen LogP contribution in [0.4, 0.5) is 0 Å². The highest BCUT2D eigenvalue weighted by molar-refractivity contribution is 6.35. The Morgan fingerprint density at radius 2 is 2.00 bits per heavy atom. The van der Waals surface area contributed by atoms with Gasteiger partial charge < -0.3 is 4.74 Å². The lowest BCUT2D eigenvalue weighted by Gasteiger charge is -2.29. The first-order valence-corrected chi connectivity index (χ1v) is 7.26. The number of hydrogen-bond acceptors (Lipinski definition) is 3. The number of hydrazine groups is 1. The molecule has 2 unspecified atom stereocenters. The SMILES string of the molecule is CCOC(C(C)C)C(Cc1ccc(Cl)cc1Cl)NN. The van der Waals surface area contributed by atoms with Gasteiger partial charge in [0.2, 0.25) is 0 Å². The molecule has 0 radical (unpaired) electrons. The highest BCUT2D eigenvalue weighted by Crippen LogP contribution is 2.24. The Balaban J connectivity index is 2.85. The maximum Gasteiger partial charge on any atom is 0.0767 e. The summed E-state index contributed by atoms with van der Waals surface area (Å²) in [7, 11) is 0. The van der Waals surface area contributed by atoms with Crippen LogP contribution in [-0.2, 0) is 11.2 Å². The molecular weight excluding hydrogens is 283 g/mol. The third-order valence-corrected chi connectivity index (χ3v) is 3.67. The van der Waals surface area contributed by atoms with Crippen LogP contribution in [0.1, 0.15) is 26.3 Å². The first-order valence-electron chi connectivity index (χ1n) is 6.51. The van der Waals surface area contributed by atoms with E-state index in [2.05, 4.69) is 19.3 Å². The van der Waals surface area contributed by atoms with Crippen molar-refractivity contribution in [3.8, 4) is 0 Å². The van der Waals surface area contributed by atoms with Crippen molar-refractivity contribution in [2.45, 2.75) is 39.3 Å². The first-order chi connectivity index (χ1) is 8.99. The van der Waals surface area contributed by atoms with Crippen LogP contribution >= 0.6 is 23.2 Å². The Labute approximate surface area is 125 Å². The average Bonchev–Trinajstić information content (AvgIpc) is 2.35. The quantitative estimate of drug-likeness (QED) is 0.599. The van der Waals surface area contributed by atoms with Crippen LogP contribution in [-0.4, -0.2) is 18.8 Å². The van der Waals surface area contributed by atoms with Gasteiger partial charge in [-0.2, -0.15) is 0 Å². The molecule has 0 spiro atoms. The van der Waals surface area contributed by atoms with Crippen molar-refractivity contribution in [2.24, 2.45) is 11.8 Å². The number of benzene rings is 1. The largest absolute Gasteiger partial charge is 0.377 e. The van der Waals surface area contributed by atoms with Crippen LogP contribution < -0.4 is 11.3 Å². The molecule has 1 aromatic carbocycles. The fourth-order valence-corrected chi connectivity index (χ4v) is 2.65. The van der Waals surface area contributed by atoms with Crippen LogP contribution in [0.15, 0.2) is 18.2 Å². The molecule has 0 amide bonds. The van der Waals surface area contributed by atoms with Gasteiger partial charge in [0.05, 0.1) is 12.1 Å². The summed E-state index contributed by atoms with van der Waals surface area (Å²) in [5, 5.41) is 1.29. The lowest BCUT2D eigenvalue weighted by Crippen LogP contribution is -2.49. The van der Waals surface area contributed by atoms with Crippen LogP contribution in [0.3, 0.4) is 0 Å². The van der Waals surface area contributed by atoms with Gasteiger partial charge in [0, 0.05) is 16.7 Å². The minimum atomic E-state index is 0.0126. The summed E-state index contributed by atoms with van der Waals surface area (Å²) in [5.74, 6) is 6.04. The van der Waals surface area contributed by atoms with Gasteiger partial charge in [-0.25, -0.2) is 0 Å². The Kier molecular flexibility index (Phi) is 7.11. The number of ether oxygens (including phenoxy) is 1. The Hall–Kier alpha value is -0.320. The van der Waals surface area contributed by atoms with E-state index in [1.54, 1.807) is 6.07 Å². The molecule has 1 rings (SSSR count). The number of nitrogens with two attached hydrogens (primary N) is 1.